The lowest BCUT2D eigenvalue weighted by atomic mass is 9.95. The molecule has 0 fully saturated rings. The van der Waals surface area contributed by atoms with Crippen molar-refractivity contribution < 1.29 is 23.4 Å². The van der Waals surface area contributed by atoms with Crippen molar-refractivity contribution in [2.75, 3.05) is 28.4 Å². The molecule has 0 amide bonds. The van der Waals surface area contributed by atoms with E-state index >= 15 is 0 Å². The average molecular weight is 457 g/mol. The molecule has 0 radical (unpaired) electrons. The van der Waals surface area contributed by atoms with Gasteiger partial charge in [0.05, 0.1) is 33.8 Å². The molecule has 2 aromatic carbocycles. The van der Waals surface area contributed by atoms with Gasteiger partial charge < -0.3 is 23.4 Å². The summed E-state index contributed by atoms with van der Waals surface area (Å²) in [6.07, 6.45) is 3.25. The summed E-state index contributed by atoms with van der Waals surface area (Å²) in [6.45, 7) is 8.65. The number of rotatable bonds is 10. The smallest absolute Gasteiger partial charge is 0.204 e. The van der Waals surface area contributed by atoms with E-state index in [1.165, 1.54) is 0 Å². The monoisotopic (exact) mass is 456 g/mol. The molecule has 180 valence electrons. The molecule has 0 N–H and O–H groups in total. The lowest BCUT2D eigenvalue weighted by Gasteiger charge is -2.19. The first kappa shape index (κ1) is 24.7. The van der Waals surface area contributed by atoms with Gasteiger partial charge in [-0.1, -0.05) is 27.7 Å². The molecule has 0 unspecified atom stereocenters. The first-order valence-corrected chi connectivity index (χ1v) is 11.5. The van der Waals surface area contributed by atoms with Gasteiger partial charge in [-0.25, -0.2) is 0 Å². The Morgan fingerprint density at radius 3 is 1.73 bits per heavy atom. The molecule has 0 aliphatic rings. The van der Waals surface area contributed by atoms with E-state index in [4.69, 9.17) is 23.4 Å². The summed E-state index contributed by atoms with van der Waals surface area (Å²) in [5.74, 6) is 3.25. The highest BCUT2D eigenvalue weighted by Crippen LogP contribution is 2.42. The number of hydrogen-bond acceptors (Lipinski definition) is 6. The molecule has 6 heteroatoms. The first-order valence-electron chi connectivity index (χ1n) is 11.5. The van der Waals surface area contributed by atoms with Crippen molar-refractivity contribution in [2.45, 2.75) is 53.4 Å². The summed E-state index contributed by atoms with van der Waals surface area (Å²) >= 11 is 0. The Kier molecular flexibility index (Phi) is 7.77. The largest absolute Gasteiger partial charge is 0.496 e. The van der Waals surface area contributed by atoms with Crippen LogP contribution in [0.25, 0.3) is 21.9 Å². The zero-order valence-corrected chi connectivity index (χ0v) is 21.1. The van der Waals surface area contributed by atoms with Crippen molar-refractivity contribution in [3.8, 4) is 23.0 Å². The minimum atomic E-state index is -0.128. The summed E-state index contributed by atoms with van der Waals surface area (Å²) in [5, 5.41) is 0.946. The Labute approximate surface area is 195 Å². The molecule has 0 spiro atoms. The third-order valence-corrected chi connectivity index (χ3v) is 6.08. The second-order valence-electron chi connectivity index (χ2n) is 9.22. The molecule has 0 saturated carbocycles. The summed E-state index contributed by atoms with van der Waals surface area (Å²) in [7, 11) is 6.39. The fraction of sp³-hybridized carbons (Fsp3) is 0.519. The van der Waals surface area contributed by atoms with Crippen LogP contribution in [-0.2, 0) is 12.8 Å². The standard InChI is InChI=1S/C27H36O6/c1-15(2)9-11-17-19(29-5)13-21-24(27(17)32-8)25(28)23-18(12-10-16(3)4)26(31-7)22(30-6)14-20(23)33-21/h13-16H,9-12H2,1-8H3. The van der Waals surface area contributed by atoms with Crippen LogP contribution in [0.15, 0.2) is 21.3 Å². The van der Waals surface area contributed by atoms with Gasteiger partial charge in [0.15, 0.2) is 11.5 Å². The van der Waals surface area contributed by atoms with Crippen molar-refractivity contribution in [2.24, 2.45) is 11.8 Å². The van der Waals surface area contributed by atoms with Gasteiger partial charge in [0.25, 0.3) is 0 Å². The second kappa shape index (κ2) is 10.4. The minimum Gasteiger partial charge on any atom is -0.496 e. The number of benzene rings is 2. The molecule has 33 heavy (non-hydrogen) atoms. The molecule has 0 atom stereocenters. The Hall–Kier alpha value is -2.89. The van der Waals surface area contributed by atoms with Gasteiger partial charge in [0.1, 0.15) is 28.1 Å². The molecular weight excluding hydrogens is 420 g/mol. The lowest BCUT2D eigenvalue weighted by molar-refractivity contribution is 0.351. The van der Waals surface area contributed by atoms with Crippen molar-refractivity contribution in [1.29, 1.82) is 0 Å². The third-order valence-electron chi connectivity index (χ3n) is 6.08. The minimum absolute atomic E-state index is 0.128. The molecule has 3 rings (SSSR count). The Morgan fingerprint density at radius 1 is 0.697 bits per heavy atom. The molecule has 1 aromatic heterocycles. The molecule has 1 heterocycles. The van der Waals surface area contributed by atoms with Gasteiger partial charge >= 0.3 is 0 Å². The predicted molar refractivity (Wildman–Crippen MR) is 133 cm³/mol. The molecule has 0 saturated heterocycles. The fourth-order valence-electron chi connectivity index (χ4n) is 4.31. The van der Waals surface area contributed by atoms with E-state index in [1.54, 1.807) is 40.6 Å². The Bertz CT molecular complexity index is 1190. The van der Waals surface area contributed by atoms with E-state index in [0.717, 1.165) is 30.4 Å². The van der Waals surface area contributed by atoms with Crippen molar-refractivity contribution in [1.82, 2.24) is 0 Å². The molecular formula is C27H36O6. The number of ether oxygens (including phenoxy) is 4. The SMILES string of the molecule is COc1cc2oc3cc(OC)c(OC)c(CCC(C)C)c3c(=O)c2c(OC)c1CCC(C)C. The number of aryl methyl sites for hydroxylation is 1. The third kappa shape index (κ3) is 4.75. The van der Waals surface area contributed by atoms with Crippen LogP contribution in [0.3, 0.4) is 0 Å². The van der Waals surface area contributed by atoms with Crippen LogP contribution in [0.2, 0.25) is 0 Å². The van der Waals surface area contributed by atoms with Crippen molar-refractivity contribution in [3.05, 3.63) is 33.5 Å². The van der Waals surface area contributed by atoms with Crippen LogP contribution in [0.4, 0.5) is 0 Å². The lowest BCUT2D eigenvalue weighted by Crippen LogP contribution is -2.11. The Morgan fingerprint density at radius 2 is 1.21 bits per heavy atom. The van der Waals surface area contributed by atoms with Crippen LogP contribution < -0.4 is 24.4 Å². The van der Waals surface area contributed by atoms with Crippen molar-refractivity contribution in [3.63, 3.8) is 0 Å². The van der Waals surface area contributed by atoms with E-state index in [-0.39, 0.29) is 5.43 Å². The molecule has 3 aromatic rings. The maximum atomic E-state index is 14.0. The first-order chi connectivity index (χ1) is 15.8. The zero-order valence-electron chi connectivity index (χ0n) is 21.1. The maximum absolute atomic E-state index is 14.0. The number of fused-ring (bicyclic) bond motifs is 2. The van der Waals surface area contributed by atoms with E-state index in [0.29, 0.717) is 63.2 Å². The van der Waals surface area contributed by atoms with Gasteiger partial charge in [-0.05, 0) is 37.5 Å². The van der Waals surface area contributed by atoms with Gasteiger partial charge in [-0.3, -0.25) is 4.79 Å². The van der Waals surface area contributed by atoms with E-state index in [2.05, 4.69) is 27.7 Å². The highest BCUT2D eigenvalue weighted by atomic mass is 16.5. The summed E-state index contributed by atoms with van der Waals surface area (Å²) in [4.78, 5) is 14.0. The van der Waals surface area contributed by atoms with Crippen molar-refractivity contribution >= 4 is 21.9 Å². The molecule has 0 aliphatic carbocycles. The zero-order chi connectivity index (χ0) is 24.3. The highest BCUT2D eigenvalue weighted by molar-refractivity contribution is 5.98. The Balaban J connectivity index is 2.44. The van der Waals surface area contributed by atoms with Gasteiger partial charge in [0, 0.05) is 23.3 Å². The quantitative estimate of drug-likeness (QED) is 0.341. The van der Waals surface area contributed by atoms with Crippen LogP contribution >= 0.6 is 0 Å². The molecule has 0 aliphatic heterocycles. The van der Waals surface area contributed by atoms with E-state index in [9.17, 15) is 4.79 Å². The number of methoxy groups -OCH3 is 4. The van der Waals surface area contributed by atoms with Crippen LogP contribution in [-0.4, -0.2) is 28.4 Å². The van der Waals surface area contributed by atoms with Gasteiger partial charge in [0.2, 0.25) is 5.43 Å². The number of hydrogen-bond donors (Lipinski definition) is 0. The van der Waals surface area contributed by atoms with E-state index < -0.39 is 0 Å². The fourth-order valence-corrected chi connectivity index (χ4v) is 4.31. The normalized spacial score (nSPS) is 11.6. The molecule has 0 bridgehead atoms. The average Bonchev–Trinajstić information content (AvgIpc) is 2.79. The van der Waals surface area contributed by atoms with Gasteiger partial charge in [-0.2, -0.15) is 0 Å². The summed E-state index contributed by atoms with van der Waals surface area (Å²) in [5.41, 5.74) is 2.45. The topological polar surface area (TPSA) is 67.1 Å². The van der Waals surface area contributed by atoms with Crippen LogP contribution in [0.1, 0.15) is 51.7 Å². The predicted octanol–water partition coefficient (Wildman–Crippen LogP) is 6.16. The van der Waals surface area contributed by atoms with Crippen LogP contribution in [0.5, 0.6) is 23.0 Å². The van der Waals surface area contributed by atoms with Crippen LogP contribution in [0, 0.1) is 11.8 Å². The van der Waals surface area contributed by atoms with Gasteiger partial charge in [-0.15, -0.1) is 0 Å². The second-order valence-corrected chi connectivity index (χ2v) is 9.22. The van der Waals surface area contributed by atoms with E-state index in [1.807, 2.05) is 0 Å². The highest BCUT2D eigenvalue weighted by Gasteiger charge is 2.25. The molecule has 6 nitrogen and oxygen atoms in total. The summed E-state index contributed by atoms with van der Waals surface area (Å²) < 4.78 is 29.0. The summed E-state index contributed by atoms with van der Waals surface area (Å²) in [6, 6.07) is 3.51. The maximum Gasteiger partial charge on any atom is 0.204 e.